The zero-order valence-corrected chi connectivity index (χ0v) is 17.3. The summed E-state index contributed by atoms with van der Waals surface area (Å²) in [5, 5.41) is 16.2. The quantitative estimate of drug-likeness (QED) is 0.532. The Kier molecular flexibility index (Phi) is 4.92. The van der Waals surface area contributed by atoms with Gasteiger partial charge in [-0.25, -0.2) is 14.5 Å². The van der Waals surface area contributed by atoms with Crippen molar-refractivity contribution in [3.63, 3.8) is 0 Å². The number of rotatable bonds is 5. The molecule has 1 aliphatic heterocycles. The molecule has 1 saturated heterocycles. The van der Waals surface area contributed by atoms with Gasteiger partial charge in [0, 0.05) is 23.8 Å². The number of nitrogens with zero attached hydrogens (tertiary/aromatic N) is 6. The third kappa shape index (κ3) is 3.66. The Labute approximate surface area is 175 Å². The minimum atomic E-state index is 0.311. The van der Waals surface area contributed by atoms with Gasteiger partial charge < -0.3 is 10.6 Å². The van der Waals surface area contributed by atoms with Crippen LogP contribution in [0.1, 0.15) is 32.7 Å². The van der Waals surface area contributed by atoms with Gasteiger partial charge in [0.2, 0.25) is 0 Å². The zero-order valence-electron chi connectivity index (χ0n) is 17.3. The van der Waals surface area contributed by atoms with E-state index < -0.39 is 0 Å². The average Bonchev–Trinajstić information content (AvgIpc) is 3.42. The van der Waals surface area contributed by atoms with Crippen LogP contribution in [-0.4, -0.2) is 48.5 Å². The second-order valence-electron chi connectivity index (χ2n) is 8.01. The molecule has 4 aromatic rings. The predicted molar refractivity (Wildman–Crippen MR) is 117 cm³/mol. The lowest BCUT2D eigenvalue weighted by Crippen LogP contribution is -2.35. The second-order valence-corrected chi connectivity index (χ2v) is 8.01. The fourth-order valence-electron chi connectivity index (χ4n) is 3.79. The SMILES string of the molecule is CC(C)n1cc(-c2ccc3ncc(-c4cccc(NC5CCNCC5)n4)n3n2)cn1. The standard InChI is InChI=1S/C22H26N8/c1-15(2)29-14-16(12-25-29)18-6-7-22-24-13-20(30(22)28-18)19-4-3-5-21(27-19)26-17-8-10-23-11-9-17/h3-7,12-15,17,23H,8-11H2,1-2H3,(H,26,27). The Bertz CT molecular complexity index is 1150. The van der Waals surface area contributed by atoms with E-state index in [1.807, 2.05) is 58.1 Å². The molecule has 8 heteroatoms. The smallest absolute Gasteiger partial charge is 0.154 e. The first kappa shape index (κ1) is 18.7. The second kappa shape index (κ2) is 7.87. The summed E-state index contributed by atoms with van der Waals surface area (Å²) >= 11 is 0. The number of nitrogens with one attached hydrogen (secondary N) is 2. The number of pyridine rings is 1. The number of anilines is 1. The molecule has 154 valence electrons. The summed E-state index contributed by atoms with van der Waals surface area (Å²) in [7, 11) is 0. The van der Waals surface area contributed by atoms with Crippen LogP contribution in [-0.2, 0) is 0 Å². The Balaban J connectivity index is 1.47. The molecule has 2 N–H and O–H groups in total. The molecular formula is C22H26N8. The zero-order chi connectivity index (χ0) is 20.5. The van der Waals surface area contributed by atoms with Gasteiger partial charge in [-0.3, -0.25) is 4.68 Å². The van der Waals surface area contributed by atoms with E-state index in [0.717, 1.165) is 60.0 Å². The van der Waals surface area contributed by atoms with Gasteiger partial charge in [-0.1, -0.05) is 6.07 Å². The van der Waals surface area contributed by atoms with Crippen molar-refractivity contribution >= 4 is 11.5 Å². The highest BCUT2D eigenvalue weighted by Gasteiger charge is 2.15. The predicted octanol–water partition coefficient (Wildman–Crippen LogP) is 3.40. The van der Waals surface area contributed by atoms with E-state index in [1.54, 1.807) is 0 Å². The fourth-order valence-corrected chi connectivity index (χ4v) is 3.79. The molecule has 8 nitrogen and oxygen atoms in total. The van der Waals surface area contributed by atoms with E-state index in [0.29, 0.717) is 12.1 Å². The topological polar surface area (TPSA) is 85.0 Å². The molecule has 0 atom stereocenters. The Morgan fingerprint density at radius 3 is 2.73 bits per heavy atom. The summed E-state index contributed by atoms with van der Waals surface area (Å²) in [4.78, 5) is 9.36. The highest BCUT2D eigenvalue weighted by molar-refractivity contribution is 5.64. The average molecular weight is 403 g/mol. The van der Waals surface area contributed by atoms with Crippen LogP contribution in [0.15, 0.2) is 48.9 Å². The molecule has 0 radical (unpaired) electrons. The van der Waals surface area contributed by atoms with E-state index in [-0.39, 0.29) is 0 Å². The lowest BCUT2D eigenvalue weighted by Gasteiger charge is -2.24. The molecule has 0 spiro atoms. The molecule has 1 fully saturated rings. The van der Waals surface area contributed by atoms with Crippen LogP contribution < -0.4 is 10.6 Å². The third-order valence-electron chi connectivity index (χ3n) is 5.49. The van der Waals surface area contributed by atoms with E-state index in [1.165, 1.54) is 0 Å². The monoisotopic (exact) mass is 402 g/mol. The van der Waals surface area contributed by atoms with Gasteiger partial charge in [0.1, 0.15) is 11.5 Å². The van der Waals surface area contributed by atoms with Crippen LogP contribution in [0.5, 0.6) is 0 Å². The van der Waals surface area contributed by atoms with E-state index in [9.17, 15) is 0 Å². The lowest BCUT2D eigenvalue weighted by molar-refractivity contribution is 0.478. The number of piperidine rings is 1. The van der Waals surface area contributed by atoms with Crippen molar-refractivity contribution in [1.29, 1.82) is 0 Å². The molecule has 0 amide bonds. The van der Waals surface area contributed by atoms with Crippen molar-refractivity contribution in [1.82, 2.24) is 34.7 Å². The van der Waals surface area contributed by atoms with Crippen LogP contribution in [0.3, 0.4) is 0 Å². The summed E-state index contributed by atoms with van der Waals surface area (Å²) in [6, 6.07) is 10.8. The largest absolute Gasteiger partial charge is 0.367 e. The first-order valence-electron chi connectivity index (χ1n) is 10.5. The highest BCUT2D eigenvalue weighted by Crippen LogP contribution is 2.23. The van der Waals surface area contributed by atoms with E-state index in [4.69, 9.17) is 10.1 Å². The molecule has 30 heavy (non-hydrogen) atoms. The first-order chi connectivity index (χ1) is 14.7. The molecular weight excluding hydrogens is 376 g/mol. The van der Waals surface area contributed by atoms with Crippen LogP contribution in [0.25, 0.3) is 28.3 Å². The van der Waals surface area contributed by atoms with Crippen molar-refractivity contribution in [2.75, 3.05) is 18.4 Å². The molecule has 0 bridgehead atoms. The maximum Gasteiger partial charge on any atom is 0.154 e. The van der Waals surface area contributed by atoms with Crippen molar-refractivity contribution in [2.45, 2.75) is 38.8 Å². The van der Waals surface area contributed by atoms with Gasteiger partial charge in [0.15, 0.2) is 5.65 Å². The normalized spacial score (nSPS) is 15.2. The minimum Gasteiger partial charge on any atom is -0.367 e. The van der Waals surface area contributed by atoms with Gasteiger partial charge in [0.25, 0.3) is 0 Å². The van der Waals surface area contributed by atoms with Crippen LogP contribution in [0.4, 0.5) is 5.82 Å². The van der Waals surface area contributed by atoms with Crippen LogP contribution >= 0.6 is 0 Å². The van der Waals surface area contributed by atoms with Crippen molar-refractivity contribution in [2.24, 2.45) is 0 Å². The summed E-state index contributed by atoms with van der Waals surface area (Å²) in [6.45, 7) is 6.31. The summed E-state index contributed by atoms with van der Waals surface area (Å²) in [5.74, 6) is 0.892. The fraction of sp³-hybridized carbons (Fsp3) is 0.364. The Morgan fingerprint density at radius 1 is 1.07 bits per heavy atom. The van der Waals surface area contributed by atoms with Crippen molar-refractivity contribution in [3.8, 4) is 22.6 Å². The molecule has 0 aromatic carbocycles. The summed E-state index contributed by atoms with van der Waals surface area (Å²) in [6.07, 6.45) is 7.93. The Morgan fingerprint density at radius 2 is 1.93 bits per heavy atom. The van der Waals surface area contributed by atoms with Crippen LogP contribution in [0, 0.1) is 0 Å². The van der Waals surface area contributed by atoms with Crippen molar-refractivity contribution in [3.05, 3.63) is 48.9 Å². The van der Waals surface area contributed by atoms with Gasteiger partial charge in [-0.15, -0.1) is 0 Å². The van der Waals surface area contributed by atoms with Gasteiger partial charge >= 0.3 is 0 Å². The molecule has 1 aliphatic rings. The molecule has 4 aromatic heterocycles. The molecule has 5 rings (SSSR count). The molecule has 0 aliphatic carbocycles. The van der Waals surface area contributed by atoms with Crippen LogP contribution in [0.2, 0.25) is 0 Å². The van der Waals surface area contributed by atoms with E-state index in [2.05, 4.69) is 34.6 Å². The van der Waals surface area contributed by atoms with Gasteiger partial charge in [0.05, 0.1) is 23.8 Å². The van der Waals surface area contributed by atoms with Gasteiger partial charge in [-0.05, 0) is 64.0 Å². The van der Waals surface area contributed by atoms with E-state index >= 15 is 0 Å². The number of imidazole rings is 1. The lowest BCUT2D eigenvalue weighted by atomic mass is 10.1. The number of fused-ring (bicyclic) bond motifs is 1. The molecule has 5 heterocycles. The summed E-state index contributed by atoms with van der Waals surface area (Å²) in [5.41, 5.74) is 4.36. The third-order valence-corrected chi connectivity index (χ3v) is 5.49. The number of hydrogen-bond donors (Lipinski definition) is 2. The minimum absolute atomic E-state index is 0.311. The van der Waals surface area contributed by atoms with Gasteiger partial charge in [-0.2, -0.15) is 10.2 Å². The Hall–Kier alpha value is -3.26. The van der Waals surface area contributed by atoms with Crippen molar-refractivity contribution < 1.29 is 0 Å². The molecule has 0 unspecified atom stereocenters. The molecule has 0 saturated carbocycles. The number of aromatic nitrogens is 6. The maximum absolute atomic E-state index is 4.84. The first-order valence-corrected chi connectivity index (χ1v) is 10.5. The summed E-state index contributed by atoms with van der Waals surface area (Å²) < 4.78 is 3.80. The highest BCUT2D eigenvalue weighted by atomic mass is 15.3. The maximum atomic E-state index is 4.84. The number of hydrogen-bond acceptors (Lipinski definition) is 6.